The SMILES string of the molecule is Fc1cccc(F)c1Cn1cnc(=NCc2ccco2)c2[nH]cnc21. The maximum absolute atomic E-state index is 13.9. The van der Waals surface area contributed by atoms with E-state index in [4.69, 9.17) is 4.42 Å². The van der Waals surface area contributed by atoms with E-state index in [9.17, 15) is 8.78 Å². The van der Waals surface area contributed by atoms with Crippen LogP contribution in [0.4, 0.5) is 8.78 Å². The topological polar surface area (TPSA) is 72.0 Å². The first-order valence-corrected chi connectivity index (χ1v) is 7.56. The third kappa shape index (κ3) is 2.93. The Morgan fingerprint density at radius 2 is 1.96 bits per heavy atom. The van der Waals surface area contributed by atoms with Crippen molar-refractivity contribution in [2.45, 2.75) is 13.1 Å². The van der Waals surface area contributed by atoms with Crippen molar-refractivity contribution in [3.05, 3.63) is 77.7 Å². The summed E-state index contributed by atoms with van der Waals surface area (Å²) < 4.78 is 34.6. The average Bonchev–Trinajstić information content (AvgIpc) is 3.28. The number of nitrogens with one attached hydrogen (secondary N) is 1. The van der Waals surface area contributed by atoms with Crippen molar-refractivity contribution < 1.29 is 13.2 Å². The molecule has 1 aromatic carbocycles. The summed E-state index contributed by atoms with van der Waals surface area (Å²) in [6.45, 7) is 0.311. The van der Waals surface area contributed by atoms with E-state index in [1.165, 1.54) is 30.9 Å². The summed E-state index contributed by atoms with van der Waals surface area (Å²) in [6, 6.07) is 7.38. The van der Waals surface area contributed by atoms with Gasteiger partial charge in [0.2, 0.25) is 0 Å². The van der Waals surface area contributed by atoms with Gasteiger partial charge in [-0.15, -0.1) is 0 Å². The number of halogens is 2. The number of nitrogens with zero attached hydrogens (tertiary/aromatic N) is 4. The Morgan fingerprint density at radius 1 is 1.12 bits per heavy atom. The first-order valence-electron chi connectivity index (χ1n) is 7.56. The molecule has 8 heteroatoms. The molecular weight excluding hydrogens is 328 g/mol. The van der Waals surface area contributed by atoms with Gasteiger partial charge in [0.25, 0.3) is 0 Å². The second kappa shape index (κ2) is 6.31. The largest absolute Gasteiger partial charge is 0.467 e. The van der Waals surface area contributed by atoms with Gasteiger partial charge in [-0.1, -0.05) is 6.07 Å². The monoisotopic (exact) mass is 341 g/mol. The van der Waals surface area contributed by atoms with E-state index in [-0.39, 0.29) is 12.1 Å². The summed E-state index contributed by atoms with van der Waals surface area (Å²) in [6.07, 6.45) is 4.54. The van der Waals surface area contributed by atoms with Crippen molar-refractivity contribution in [3.63, 3.8) is 0 Å². The molecular formula is C17H13F2N5O. The van der Waals surface area contributed by atoms with Crippen LogP contribution in [0.25, 0.3) is 11.2 Å². The highest BCUT2D eigenvalue weighted by atomic mass is 19.1. The van der Waals surface area contributed by atoms with Crippen LogP contribution in [-0.4, -0.2) is 19.5 Å². The van der Waals surface area contributed by atoms with Crippen molar-refractivity contribution in [1.82, 2.24) is 19.5 Å². The third-order valence-corrected chi connectivity index (χ3v) is 3.79. The molecule has 25 heavy (non-hydrogen) atoms. The Kier molecular flexibility index (Phi) is 3.85. The van der Waals surface area contributed by atoms with Gasteiger partial charge >= 0.3 is 0 Å². The van der Waals surface area contributed by atoms with Crippen LogP contribution in [0.15, 0.2) is 58.7 Å². The van der Waals surface area contributed by atoms with Crippen molar-refractivity contribution >= 4 is 11.2 Å². The number of rotatable bonds is 4. The van der Waals surface area contributed by atoms with E-state index in [2.05, 4.69) is 19.9 Å². The molecule has 0 amide bonds. The third-order valence-electron chi connectivity index (χ3n) is 3.79. The zero-order valence-corrected chi connectivity index (χ0v) is 13.0. The number of aromatic nitrogens is 4. The molecule has 0 aliphatic rings. The molecule has 0 unspecified atom stereocenters. The molecule has 0 fully saturated rings. The molecule has 0 atom stereocenters. The van der Waals surface area contributed by atoms with Gasteiger partial charge in [-0.25, -0.2) is 18.7 Å². The molecule has 0 aliphatic heterocycles. The molecule has 3 heterocycles. The molecule has 0 aliphatic carbocycles. The predicted octanol–water partition coefficient (Wildman–Crippen LogP) is 2.78. The second-order valence-corrected chi connectivity index (χ2v) is 5.39. The maximum Gasteiger partial charge on any atom is 0.177 e. The Hall–Kier alpha value is -3.29. The van der Waals surface area contributed by atoms with Crippen LogP contribution in [0.5, 0.6) is 0 Å². The highest BCUT2D eigenvalue weighted by molar-refractivity contribution is 5.68. The van der Waals surface area contributed by atoms with Gasteiger partial charge in [0.1, 0.15) is 22.9 Å². The Balaban J connectivity index is 1.74. The summed E-state index contributed by atoms with van der Waals surface area (Å²) in [5.74, 6) is -0.509. The number of H-pyrrole nitrogens is 1. The summed E-state index contributed by atoms with van der Waals surface area (Å²) in [7, 11) is 0. The predicted molar refractivity (Wildman–Crippen MR) is 85.3 cm³/mol. The number of imidazole rings is 1. The lowest BCUT2D eigenvalue weighted by molar-refractivity contribution is 0.510. The number of fused-ring (bicyclic) bond motifs is 1. The van der Waals surface area contributed by atoms with Gasteiger partial charge in [0.05, 0.1) is 32.0 Å². The minimum Gasteiger partial charge on any atom is -0.467 e. The molecule has 6 nitrogen and oxygen atoms in total. The first kappa shape index (κ1) is 15.3. The minimum atomic E-state index is -0.609. The standard InChI is InChI=1S/C17H13F2N5O/c18-13-4-1-5-14(19)12(13)8-24-10-23-16(15-17(24)22-9-21-15)20-7-11-3-2-6-25-11/h1-6,9-10H,7-8H2,(H,21,22). The van der Waals surface area contributed by atoms with Gasteiger partial charge in [0.15, 0.2) is 11.1 Å². The molecule has 126 valence electrons. The average molecular weight is 341 g/mol. The van der Waals surface area contributed by atoms with E-state index in [0.29, 0.717) is 29.0 Å². The van der Waals surface area contributed by atoms with Crippen LogP contribution in [0.1, 0.15) is 11.3 Å². The van der Waals surface area contributed by atoms with Crippen molar-refractivity contribution in [2.75, 3.05) is 0 Å². The van der Waals surface area contributed by atoms with Crippen LogP contribution in [-0.2, 0) is 13.1 Å². The summed E-state index contributed by atoms with van der Waals surface area (Å²) in [4.78, 5) is 15.9. The Bertz CT molecular complexity index is 1060. The first-order chi connectivity index (χ1) is 12.2. The lowest BCUT2D eigenvalue weighted by atomic mass is 10.2. The Morgan fingerprint density at radius 3 is 2.72 bits per heavy atom. The minimum absolute atomic E-state index is 0.0225. The summed E-state index contributed by atoms with van der Waals surface area (Å²) >= 11 is 0. The highest BCUT2D eigenvalue weighted by Gasteiger charge is 2.12. The fourth-order valence-electron chi connectivity index (χ4n) is 2.56. The van der Waals surface area contributed by atoms with E-state index < -0.39 is 11.6 Å². The van der Waals surface area contributed by atoms with Gasteiger partial charge in [-0.3, -0.25) is 4.99 Å². The maximum atomic E-state index is 13.9. The van der Waals surface area contributed by atoms with E-state index in [1.54, 1.807) is 16.9 Å². The second-order valence-electron chi connectivity index (χ2n) is 5.39. The smallest absolute Gasteiger partial charge is 0.177 e. The van der Waals surface area contributed by atoms with E-state index in [1.807, 2.05) is 6.07 Å². The van der Waals surface area contributed by atoms with Crippen molar-refractivity contribution in [1.29, 1.82) is 0 Å². The number of benzene rings is 1. The molecule has 4 rings (SSSR count). The van der Waals surface area contributed by atoms with Crippen molar-refractivity contribution in [2.24, 2.45) is 4.99 Å². The van der Waals surface area contributed by atoms with Gasteiger partial charge in [-0.05, 0) is 24.3 Å². The highest BCUT2D eigenvalue weighted by Crippen LogP contribution is 2.15. The lowest BCUT2D eigenvalue weighted by Gasteiger charge is -2.09. The zero-order valence-electron chi connectivity index (χ0n) is 13.0. The van der Waals surface area contributed by atoms with Crippen LogP contribution in [0.2, 0.25) is 0 Å². The fourth-order valence-corrected chi connectivity index (χ4v) is 2.56. The van der Waals surface area contributed by atoms with Crippen molar-refractivity contribution in [3.8, 4) is 0 Å². The van der Waals surface area contributed by atoms with Crippen LogP contribution in [0, 0.1) is 11.6 Å². The number of hydrogen-bond donors (Lipinski definition) is 1. The molecule has 0 radical (unpaired) electrons. The van der Waals surface area contributed by atoms with Crippen LogP contribution in [0.3, 0.4) is 0 Å². The molecule has 0 spiro atoms. The van der Waals surface area contributed by atoms with Crippen LogP contribution < -0.4 is 5.49 Å². The molecule has 1 N–H and O–H groups in total. The number of furan rings is 1. The quantitative estimate of drug-likeness (QED) is 0.620. The summed E-state index contributed by atoms with van der Waals surface area (Å²) in [5.41, 5.74) is 1.51. The van der Waals surface area contributed by atoms with Gasteiger partial charge in [0, 0.05) is 5.56 Å². The van der Waals surface area contributed by atoms with Gasteiger partial charge in [-0.2, -0.15) is 0 Å². The van der Waals surface area contributed by atoms with E-state index >= 15 is 0 Å². The lowest BCUT2D eigenvalue weighted by Crippen LogP contribution is -2.16. The normalized spacial score (nSPS) is 12.2. The number of hydrogen-bond acceptors (Lipinski definition) is 4. The molecule has 0 saturated heterocycles. The zero-order chi connectivity index (χ0) is 17.2. The van der Waals surface area contributed by atoms with E-state index in [0.717, 1.165) is 0 Å². The fraction of sp³-hybridized carbons (Fsp3) is 0.118. The molecule has 0 bridgehead atoms. The number of aromatic amines is 1. The summed E-state index contributed by atoms with van der Waals surface area (Å²) in [5, 5.41) is 0. The van der Waals surface area contributed by atoms with Gasteiger partial charge < -0.3 is 14.0 Å². The molecule has 4 aromatic rings. The molecule has 0 saturated carbocycles. The Labute approximate surface area is 140 Å². The van der Waals surface area contributed by atoms with Crippen LogP contribution >= 0.6 is 0 Å². The molecule has 3 aromatic heterocycles.